The molecule has 1 amide bonds. The normalized spacial score (nSPS) is 10.3. The summed E-state index contributed by atoms with van der Waals surface area (Å²) in [5.74, 6) is 1.25. The van der Waals surface area contributed by atoms with Gasteiger partial charge in [0.1, 0.15) is 5.75 Å². The van der Waals surface area contributed by atoms with Gasteiger partial charge in [0.15, 0.2) is 0 Å². The fourth-order valence-electron chi connectivity index (χ4n) is 1.78. The number of halogens is 1. The second kappa shape index (κ2) is 9.61. The summed E-state index contributed by atoms with van der Waals surface area (Å²) in [7, 11) is 1.62. The molecule has 1 rings (SSSR count). The predicted octanol–water partition coefficient (Wildman–Crippen LogP) is 2.48. The molecule has 1 aromatic rings. The predicted molar refractivity (Wildman–Crippen MR) is 80.5 cm³/mol. The van der Waals surface area contributed by atoms with E-state index in [0.29, 0.717) is 38.6 Å². The van der Waals surface area contributed by atoms with Crippen molar-refractivity contribution in [1.29, 1.82) is 0 Å². The Morgan fingerprint density at radius 2 is 2.10 bits per heavy atom. The lowest BCUT2D eigenvalue weighted by Crippen LogP contribution is -2.36. The van der Waals surface area contributed by atoms with E-state index in [1.165, 1.54) is 0 Å². The molecule has 0 aliphatic heterocycles. The fourth-order valence-corrected chi connectivity index (χ4v) is 1.99. The second-order valence-electron chi connectivity index (χ2n) is 4.48. The number of amides is 1. The van der Waals surface area contributed by atoms with Gasteiger partial charge in [-0.3, -0.25) is 4.79 Å². The van der Waals surface area contributed by atoms with Crippen LogP contribution in [0.2, 0.25) is 0 Å². The first-order chi connectivity index (χ1) is 9.67. The highest BCUT2D eigenvalue weighted by atomic mass is 35.5. The van der Waals surface area contributed by atoms with Gasteiger partial charge < -0.3 is 14.4 Å². The van der Waals surface area contributed by atoms with Crippen LogP contribution in [0, 0.1) is 6.92 Å². The van der Waals surface area contributed by atoms with Crippen LogP contribution in [0.4, 0.5) is 0 Å². The number of benzene rings is 1. The molecule has 0 aromatic heterocycles. The van der Waals surface area contributed by atoms with Crippen LogP contribution in [0.1, 0.15) is 12.0 Å². The number of hydrogen-bond donors (Lipinski definition) is 0. The molecule has 4 nitrogen and oxygen atoms in total. The molecule has 0 saturated carbocycles. The lowest BCUT2D eigenvalue weighted by Gasteiger charge is -2.21. The van der Waals surface area contributed by atoms with Crippen molar-refractivity contribution in [3.05, 3.63) is 29.8 Å². The minimum atomic E-state index is 0.0374. The second-order valence-corrected chi connectivity index (χ2v) is 4.86. The summed E-state index contributed by atoms with van der Waals surface area (Å²) in [5.41, 5.74) is 1.14. The molecule has 0 aliphatic carbocycles. The molecule has 0 heterocycles. The molecule has 112 valence electrons. The Balaban J connectivity index is 2.36. The van der Waals surface area contributed by atoms with E-state index in [1.54, 1.807) is 12.0 Å². The zero-order valence-corrected chi connectivity index (χ0v) is 12.9. The van der Waals surface area contributed by atoms with Crippen molar-refractivity contribution in [3.8, 4) is 5.75 Å². The largest absolute Gasteiger partial charge is 0.493 e. The highest BCUT2D eigenvalue weighted by Crippen LogP contribution is 2.12. The van der Waals surface area contributed by atoms with E-state index in [9.17, 15) is 4.79 Å². The maximum absolute atomic E-state index is 12.0. The van der Waals surface area contributed by atoms with E-state index in [2.05, 4.69) is 0 Å². The van der Waals surface area contributed by atoms with Gasteiger partial charge in [-0.1, -0.05) is 12.1 Å². The number of carbonyl (C=O) groups is 1. The van der Waals surface area contributed by atoms with Gasteiger partial charge in [-0.05, 0) is 24.6 Å². The summed E-state index contributed by atoms with van der Waals surface area (Å²) in [6, 6.07) is 7.78. The van der Waals surface area contributed by atoms with Gasteiger partial charge in [0.05, 0.1) is 19.6 Å². The fraction of sp³-hybridized carbons (Fsp3) is 0.533. The molecule has 1 aromatic carbocycles. The third-order valence-corrected chi connectivity index (χ3v) is 3.02. The standard InChI is InChI=1S/C15H22ClNO3/c1-13-4-3-5-14(12-13)20-10-6-15(18)17(8-7-16)9-11-19-2/h3-5,12H,6-11H2,1-2H3. The SMILES string of the molecule is COCCN(CCCl)C(=O)CCOc1cccc(C)c1. The van der Waals surface area contributed by atoms with Crippen molar-refractivity contribution < 1.29 is 14.3 Å². The molecule has 0 spiro atoms. The van der Waals surface area contributed by atoms with Gasteiger partial charge >= 0.3 is 0 Å². The van der Waals surface area contributed by atoms with Crippen molar-refractivity contribution in [3.63, 3.8) is 0 Å². The van der Waals surface area contributed by atoms with Crippen LogP contribution in [0.25, 0.3) is 0 Å². The van der Waals surface area contributed by atoms with E-state index >= 15 is 0 Å². The van der Waals surface area contributed by atoms with Crippen LogP contribution in [0.15, 0.2) is 24.3 Å². The van der Waals surface area contributed by atoms with Gasteiger partial charge in [-0.2, -0.15) is 0 Å². The Labute approximate surface area is 125 Å². The Morgan fingerprint density at radius 1 is 1.30 bits per heavy atom. The van der Waals surface area contributed by atoms with E-state index in [1.807, 2.05) is 31.2 Å². The first-order valence-corrected chi connectivity index (χ1v) is 7.23. The molecule has 0 fully saturated rings. The average Bonchev–Trinajstić information content (AvgIpc) is 2.43. The molecule has 0 N–H and O–H groups in total. The number of carbonyl (C=O) groups excluding carboxylic acids is 1. The Morgan fingerprint density at radius 3 is 2.75 bits per heavy atom. The van der Waals surface area contributed by atoms with Gasteiger partial charge in [-0.15, -0.1) is 11.6 Å². The molecular formula is C15H22ClNO3. The third-order valence-electron chi connectivity index (χ3n) is 2.85. The summed E-state index contributed by atoms with van der Waals surface area (Å²) in [5, 5.41) is 0. The first-order valence-electron chi connectivity index (χ1n) is 6.69. The van der Waals surface area contributed by atoms with Crippen LogP contribution < -0.4 is 4.74 Å². The van der Waals surface area contributed by atoms with Crippen molar-refractivity contribution in [2.75, 3.05) is 39.3 Å². The zero-order valence-electron chi connectivity index (χ0n) is 12.1. The van der Waals surface area contributed by atoms with E-state index in [0.717, 1.165) is 11.3 Å². The average molecular weight is 300 g/mol. The maximum Gasteiger partial charge on any atom is 0.226 e. The van der Waals surface area contributed by atoms with Gasteiger partial charge in [0, 0.05) is 26.1 Å². The van der Waals surface area contributed by atoms with Gasteiger partial charge in [0.2, 0.25) is 5.91 Å². The van der Waals surface area contributed by atoms with E-state index < -0.39 is 0 Å². The number of rotatable bonds is 9. The van der Waals surface area contributed by atoms with Crippen molar-refractivity contribution >= 4 is 17.5 Å². The van der Waals surface area contributed by atoms with Crippen LogP contribution in [0.5, 0.6) is 5.75 Å². The molecule has 0 radical (unpaired) electrons. The highest BCUT2D eigenvalue weighted by Gasteiger charge is 2.12. The van der Waals surface area contributed by atoms with Crippen molar-refractivity contribution in [2.24, 2.45) is 0 Å². The highest BCUT2D eigenvalue weighted by molar-refractivity contribution is 6.18. The zero-order chi connectivity index (χ0) is 14.8. The molecule has 0 saturated heterocycles. The minimum Gasteiger partial charge on any atom is -0.493 e. The first kappa shape index (κ1) is 16.8. The topological polar surface area (TPSA) is 38.8 Å². The Bertz CT molecular complexity index is 412. The van der Waals surface area contributed by atoms with Crippen LogP contribution >= 0.6 is 11.6 Å². The maximum atomic E-state index is 12.0. The van der Waals surface area contributed by atoms with Crippen molar-refractivity contribution in [2.45, 2.75) is 13.3 Å². The number of hydrogen-bond acceptors (Lipinski definition) is 3. The number of ether oxygens (including phenoxy) is 2. The van der Waals surface area contributed by atoms with Crippen LogP contribution in [0.3, 0.4) is 0 Å². The molecule has 0 aliphatic rings. The Hall–Kier alpha value is -1.26. The van der Waals surface area contributed by atoms with Gasteiger partial charge in [-0.25, -0.2) is 0 Å². The summed E-state index contributed by atoms with van der Waals surface area (Å²) in [6.45, 7) is 3.99. The lowest BCUT2D eigenvalue weighted by molar-refractivity contribution is -0.132. The minimum absolute atomic E-state index is 0.0374. The Kier molecular flexibility index (Phi) is 8.07. The summed E-state index contributed by atoms with van der Waals surface area (Å²) >= 11 is 5.70. The molecule has 0 unspecified atom stereocenters. The monoisotopic (exact) mass is 299 g/mol. The van der Waals surface area contributed by atoms with Crippen molar-refractivity contribution in [1.82, 2.24) is 4.90 Å². The van der Waals surface area contributed by atoms with E-state index in [4.69, 9.17) is 21.1 Å². The summed E-state index contributed by atoms with van der Waals surface area (Å²) in [4.78, 5) is 13.7. The number of methoxy groups -OCH3 is 1. The van der Waals surface area contributed by atoms with Gasteiger partial charge in [0.25, 0.3) is 0 Å². The smallest absolute Gasteiger partial charge is 0.226 e. The van der Waals surface area contributed by atoms with Crippen LogP contribution in [-0.2, 0) is 9.53 Å². The summed E-state index contributed by atoms with van der Waals surface area (Å²) < 4.78 is 10.6. The number of alkyl halides is 1. The number of nitrogens with zero attached hydrogens (tertiary/aromatic N) is 1. The van der Waals surface area contributed by atoms with Crippen LogP contribution in [-0.4, -0.2) is 50.1 Å². The molecule has 20 heavy (non-hydrogen) atoms. The molecular weight excluding hydrogens is 278 g/mol. The third kappa shape index (κ3) is 6.26. The van der Waals surface area contributed by atoms with E-state index in [-0.39, 0.29) is 5.91 Å². The molecule has 0 bridgehead atoms. The molecule has 0 atom stereocenters. The quantitative estimate of drug-likeness (QED) is 0.658. The summed E-state index contributed by atoms with van der Waals surface area (Å²) in [6.07, 6.45) is 0.342. The number of aryl methyl sites for hydroxylation is 1. The lowest BCUT2D eigenvalue weighted by atomic mass is 10.2. The molecule has 5 heteroatoms.